The number of para-hydroxylation sites is 1. The summed E-state index contributed by atoms with van der Waals surface area (Å²) in [4.78, 5) is 9.29. The second-order valence-electron chi connectivity index (χ2n) is 5.99. The maximum Gasteiger partial charge on any atom is 0.108 e. The number of hydrogen-bond acceptors (Lipinski definition) is 5. The Labute approximate surface area is 143 Å². The number of fused-ring (bicyclic) bond motifs is 4. The van der Waals surface area contributed by atoms with Crippen LogP contribution in [0.25, 0.3) is 32.2 Å². The molecule has 5 heteroatoms. The lowest BCUT2D eigenvalue weighted by molar-refractivity contribution is 0.796. The van der Waals surface area contributed by atoms with Gasteiger partial charge in [-0.2, -0.15) is 0 Å². The third kappa shape index (κ3) is 1.82. The summed E-state index contributed by atoms with van der Waals surface area (Å²) in [5.41, 5.74) is 10.1. The van der Waals surface area contributed by atoms with Gasteiger partial charge in [-0.25, -0.2) is 4.98 Å². The van der Waals surface area contributed by atoms with Crippen LogP contribution in [0.15, 0.2) is 42.0 Å². The number of likely N-dealkylation sites (N-methyl/N-ethyl adjacent to an activating group) is 1. The van der Waals surface area contributed by atoms with Crippen LogP contribution in [0.3, 0.4) is 0 Å². The smallest absolute Gasteiger partial charge is 0.108 e. The van der Waals surface area contributed by atoms with Gasteiger partial charge in [0, 0.05) is 22.8 Å². The summed E-state index contributed by atoms with van der Waals surface area (Å²) in [6.07, 6.45) is 2.86. The van der Waals surface area contributed by atoms with Crippen LogP contribution >= 0.6 is 11.3 Å². The fourth-order valence-electron chi connectivity index (χ4n) is 3.60. The van der Waals surface area contributed by atoms with E-state index < -0.39 is 0 Å². The molecule has 0 bridgehead atoms. The van der Waals surface area contributed by atoms with Crippen molar-refractivity contribution in [3.63, 3.8) is 0 Å². The van der Waals surface area contributed by atoms with Crippen LogP contribution < -0.4 is 10.6 Å². The SMILES string of the molecule is CNCCc1c2c3c(ccnc3c3ncsc13)-c1ccccc1N2. The van der Waals surface area contributed by atoms with Crippen LogP contribution in [0.2, 0.25) is 0 Å². The van der Waals surface area contributed by atoms with Crippen molar-refractivity contribution < 1.29 is 0 Å². The second kappa shape index (κ2) is 5.26. The van der Waals surface area contributed by atoms with Crippen LogP contribution in [0.1, 0.15) is 5.56 Å². The maximum atomic E-state index is 4.67. The highest BCUT2D eigenvalue weighted by Gasteiger charge is 2.24. The van der Waals surface area contributed by atoms with E-state index in [1.165, 1.54) is 32.5 Å². The van der Waals surface area contributed by atoms with Crippen LogP contribution in [0.4, 0.5) is 11.4 Å². The largest absolute Gasteiger partial charge is 0.354 e. The van der Waals surface area contributed by atoms with E-state index in [0.717, 1.165) is 29.7 Å². The Kier molecular flexibility index (Phi) is 3.04. The van der Waals surface area contributed by atoms with E-state index in [1.807, 2.05) is 18.8 Å². The Morgan fingerprint density at radius 2 is 2.00 bits per heavy atom. The van der Waals surface area contributed by atoms with Gasteiger partial charge in [0.25, 0.3) is 0 Å². The van der Waals surface area contributed by atoms with Crippen molar-refractivity contribution in [2.45, 2.75) is 6.42 Å². The first-order chi connectivity index (χ1) is 11.9. The molecule has 2 N–H and O–H groups in total. The number of aromatic nitrogens is 2. The molecule has 0 radical (unpaired) electrons. The zero-order chi connectivity index (χ0) is 16.1. The molecule has 118 valence electrons. The molecule has 3 heterocycles. The number of benzene rings is 2. The minimum atomic E-state index is 0.935. The van der Waals surface area contributed by atoms with E-state index in [4.69, 9.17) is 0 Å². The predicted molar refractivity (Wildman–Crippen MR) is 101 cm³/mol. The van der Waals surface area contributed by atoms with Crippen LogP contribution in [0.5, 0.6) is 0 Å². The van der Waals surface area contributed by atoms with Gasteiger partial charge in [-0.1, -0.05) is 18.2 Å². The summed E-state index contributed by atoms with van der Waals surface area (Å²) in [5.74, 6) is 0. The summed E-state index contributed by atoms with van der Waals surface area (Å²) in [5, 5.41) is 8.14. The van der Waals surface area contributed by atoms with Crippen molar-refractivity contribution in [1.82, 2.24) is 15.3 Å². The van der Waals surface area contributed by atoms with Gasteiger partial charge < -0.3 is 10.6 Å². The third-order valence-electron chi connectivity index (χ3n) is 4.67. The molecule has 0 aliphatic carbocycles. The number of rotatable bonds is 3. The third-order valence-corrected chi connectivity index (χ3v) is 5.56. The van der Waals surface area contributed by atoms with Crippen LogP contribution in [-0.2, 0) is 6.42 Å². The van der Waals surface area contributed by atoms with Crippen molar-refractivity contribution in [2.75, 3.05) is 18.9 Å². The molecule has 0 unspecified atom stereocenters. The molecule has 0 amide bonds. The monoisotopic (exact) mass is 332 g/mol. The zero-order valence-corrected chi connectivity index (χ0v) is 14.1. The number of nitrogens with one attached hydrogen (secondary N) is 2. The second-order valence-corrected chi connectivity index (χ2v) is 6.84. The van der Waals surface area contributed by atoms with Crippen LogP contribution in [-0.4, -0.2) is 23.6 Å². The lowest BCUT2D eigenvalue weighted by Gasteiger charge is -2.24. The molecule has 0 saturated carbocycles. The molecule has 0 saturated heterocycles. The molecule has 2 aromatic heterocycles. The normalized spacial score (nSPS) is 12.4. The van der Waals surface area contributed by atoms with Gasteiger partial charge in [0.2, 0.25) is 0 Å². The van der Waals surface area contributed by atoms with Gasteiger partial charge in [0.05, 0.1) is 15.9 Å². The molecule has 5 rings (SSSR count). The number of anilines is 2. The van der Waals surface area contributed by atoms with Gasteiger partial charge in [-0.15, -0.1) is 11.3 Å². The number of thiazole rings is 1. The van der Waals surface area contributed by atoms with E-state index in [2.05, 4.69) is 50.9 Å². The highest BCUT2D eigenvalue weighted by Crippen LogP contribution is 2.47. The molecular weight excluding hydrogens is 316 g/mol. The lowest BCUT2D eigenvalue weighted by Crippen LogP contribution is -2.13. The summed E-state index contributed by atoms with van der Waals surface area (Å²) in [6.45, 7) is 0.935. The van der Waals surface area contributed by atoms with Gasteiger partial charge in [-0.05, 0) is 43.3 Å². The van der Waals surface area contributed by atoms with Gasteiger partial charge in [0.15, 0.2) is 0 Å². The van der Waals surface area contributed by atoms with Crippen LogP contribution in [0, 0.1) is 0 Å². The minimum absolute atomic E-state index is 0.935. The van der Waals surface area contributed by atoms with Crippen molar-refractivity contribution in [2.24, 2.45) is 0 Å². The van der Waals surface area contributed by atoms with Gasteiger partial charge >= 0.3 is 0 Å². The first-order valence-electron chi connectivity index (χ1n) is 8.06. The molecule has 0 fully saturated rings. The summed E-state index contributed by atoms with van der Waals surface area (Å²) in [6, 6.07) is 10.6. The van der Waals surface area contributed by atoms with Crippen molar-refractivity contribution >= 4 is 43.8 Å². The van der Waals surface area contributed by atoms with Gasteiger partial charge in [-0.3, -0.25) is 4.98 Å². The Balaban J connectivity index is 1.95. The zero-order valence-electron chi connectivity index (χ0n) is 13.3. The highest BCUT2D eigenvalue weighted by molar-refractivity contribution is 7.17. The van der Waals surface area contributed by atoms with E-state index in [0.29, 0.717) is 0 Å². The van der Waals surface area contributed by atoms with E-state index in [9.17, 15) is 0 Å². The molecule has 4 aromatic rings. The summed E-state index contributed by atoms with van der Waals surface area (Å²) in [7, 11) is 1.99. The van der Waals surface area contributed by atoms with Crippen molar-refractivity contribution in [1.29, 1.82) is 0 Å². The molecule has 1 aliphatic rings. The Morgan fingerprint density at radius 3 is 2.92 bits per heavy atom. The molecule has 24 heavy (non-hydrogen) atoms. The Bertz CT molecular complexity index is 1080. The quantitative estimate of drug-likeness (QED) is 0.516. The average Bonchev–Trinajstić information content (AvgIpc) is 3.11. The van der Waals surface area contributed by atoms with E-state index >= 15 is 0 Å². The maximum absolute atomic E-state index is 4.67. The Hall–Kier alpha value is -2.50. The fourth-order valence-corrected chi connectivity index (χ4v) is 4.47. The first kappa shape index (κ1) is 13.9. The number of pyridine rings is 1. The summed E-state index contributed by atoms with van der Waals surface area (Å²) >= 11 is 1.70. The van der Waals surface area contributed by atoms with Crippen molar-refractivity contribution in [3.05, 3.63) is 47.6 Å². The molecule has 0 spiro atoms. The molecule has 0 atom stereocenters. The average molecular weight is 332 g/mol. The molecule has 2 aromatic carbocycles. The first-order valence-corrected chi connectivity index (χ1v) is 8.94. The van der Waals surface area contributed by atoms with Gasteiger partial charge in [0.1, 0.15) is 11.0 Å². The highest BCUT2D eigenvalue weighted by atomic mass is 32.1. The standard InChI is InChI=1S/C19H16N4S/c1-20-8-6-13-16-15-12(11-4-2-3-5-14(11)23-16)7-9-21-17(15)18-19(13)24-10-22-18/h2-5,7,9-10,20,23H,6,8H2,1H3. The topological polar surface area (TPSA) is 49.8 Å². The number of hydrogen-bond donors (Lipinski definition) is 2. The lowest BCUT2D eigenvalue weighted by atomic mass is 9.91. The fraction of sp³-hybridized carbons (Fsp3) is 0.158. The molecule has 4 nitrogen and oxygen atoms in total. The Morgan fingerprint density at radius 1 is 1.08 bits per heavy atom. The van der Waals surface area contributed by atoms with E-state index in [1.54, 1.807) is 11.3 Å². The summed E-state index contributed by atoms with van der Waals surface area (Å²) < 4.78 is 1.24. The minimum Gasteiger partial charge on any atom is -0.354 e. The number of nitrogens with zero attached hydrogens (tertiary/aromatic N) is 2. The van der Waals surface area contributed by atoms with E-state index in [-0.39, 0.29) is 0 Å². The predicted octanol–water partition coefficient (Wildman–Crippen LogP) is 4.33. The van der Waals surface area contributed by atoms with Crippen molar-refractivity contribution in [3.8, 4) is 11.1 Å². The molecule has 1 aliphatic heterocycles. The molecular formula is C19H16N4S.